The van der Waals surface area contributed by atoms with E-state index in [9.17, 15) is 4.79 Å². The van der Waals surface area contributed by atoms with Gasteiger partial charge in [0.2, 0.25) is 5.91 Å². The van der Waals surface area contributed by atoms with Crippen molar-refractivity contribution in [2.75, 3.05) is 31.6 Å². The van der Waals surface area contributed by atoms with Crippen LogP contribution < -0.4 is 5.32 Å². The molecule has 2 rings (SSSR count). The van der Waals surface area contributed by atoms with Crippen LogP contribution in [0, 0.1) is 0 Å². The lowest BCUT2D eigenvalue weighted by Gasteiger charge is -2.26. The highest BCUT2D eigenvalue weighted by molar-refractivity contribution is 5.88. The van der Waals surface area contributed by atoms with E-state index in [1.807, 2.05) is 18.2 Å². The second-order valence-electron chi connectivity index (χ2n) is 4.27. The summed E-state index contributed by atoms with van der Waals surface area (Å²) in [7, 11) is 0. The molecule has 92 valence electrons. The molecule has 1 aliphatic rings. The van der Waals surface area contributed by atoms with Crippen LogP contribution in [0.4, 0.5) is 5.69 Å². The van der Waals surface area contributed by atoms with Crippen molar-refractivity contribution in [2.24, 2.45) is 0 Å². The summed E-state index contributed by atoms with van der Waals surface area (Å²) in [4.78, 5) is 13.3. The maximum Gasteiger partial charge on any atom is 0.221 e. The summed E-state index contributed by atoms with van der Waals surface area (Å²) in [6.45, 7) is 6.01. The number of nitrogens with one attached hydrogen (secondary N) is 1. The van der Waals surface area contributed by atoms with Crippen molar-refractivity contribution in [3.8, 4) is 0 Å². The fourth-order valence-corrected chi connectivity index (χ4v) is 1.97. The van der Waals surface area contributed by atoms with Gasteiger partial charge in [0, 0.05) is 32.2 Å². The van der Waals surface area contributed by atoms with E-state index in [4.69, 9.17) is 4.74 Å². The van der Waals surface area contributed by atoms with Crippen LogP contribution in [0.25, 0.3) is 0 Å². The third-order valence-electron chi connectivity index (χ3n) is 2.76. The lowest BCUT2D eigenvalue weighted by atomic mass is 10.2. The van der Waals surface area contributed by atoms with Crippen LogP contribution in [-0.2, 0) is 16.1 Å². The van der Waals surface area contributed by atoms with E-state index in [0.717, 1.165) is 38.5 Å². The van der Waals surface area contributed by atoms with Gasteiger partial charge in [-0.05, 0) is 17.7 Å². The van der Waals surface area contributed by atoms with Crippen LogP contribution in [0.5, 0.6) is 0 Å². The molecular weight excluding hydrogens is 216 g/mol. The highest BCUT2D eigenvalue weighted by Crippen LogP contribution is 2.13. The van der Waals surface area contributed by atoms with Crippen molar-refractivity contribution in [3.05, 3.63) is 29.8 Å². The Morgan fingerprint density at radius 2 is 2.18 bits per heavy atom. The van der Waals surface area contributed by atoms with Crippen LogP contribution in [0.1, 0.15) is 12.5 Å². The van der Waals surface area contributed by atoms with Crippen molar-refractivity contribution in [3.63, 3.8) is 0 Å². The van der Waals surface area contributed by atoms with Gasteiger partial charge in [-0.2, -0.15) is 0 Å². The molecule has 1 saturated heterocycles. The van der Waals surface area contributed by atoms with Gasteiger partial charge >= 0.3 is 0 Å². The summed E-state index contributed by atoms with van der Waals surface area (Å²) in [6.07, 6.45) is 0. The Labute approximate surface area is 102 Å². The van der Waals surface area contributed by atoms with Crippen LogP contribution >= 0.6 is 0 Å². The molecular formula is C13H18N2O2. The normalized spacial score (nSPS) is 16.8. The fourth-order valence-electron chi connectivity index (χ4n) is 1.97. The molecule has 0 spiro atoms. The van der Waals surface area contributed by atoms with Gasteiger partial charge in [0.15, 0.2) is 0 Å². The van der Waals surface area contributed by atoms with E-state index in [2.05, 4.69) is 16.3 Å². The Morgan fingerprint density at radius 1 is 1.41 bits per heavy atom. The highest BCUT2D eigenvalue weighted by atomic mass is 16.5. The molecule has 1 aromatic rings. The topological polar surface area (TPSA) is 41.6 Å². The lowest BCUT2D eigenvalue weighted by Crippen LogP contribution is -2.35. The molecule has 17 heavy (non-hydrogen) atoms. The zero-order chi connectivity index (χ0) is 12.1. The number of rotatable bonds is 3. The Hall–Kier alpha value is -1.39. The molecule has 1 amide bonds. The minimum atomic E-state index is -0.0338. The molecule has 4 heteroatoms. The summed E-state index contributed by atoms with van der Waals surface area (Å²) < 4.78 is 5.32. The number of benzene rings is 1. The van der Waals surface area contributed by atoms with Gasteiger partial charge in [0.1, 0.15) is 0 Å². The van der Waals surface area contributed by atoms with Gasteiger partial charge in [-0.15, -0.1) is 0 Å². The number of amides is 1. The number of nitrogens with zero attached hydrogens (tertiary/aromatic N) is 1. The number of carbonyl (C=O) groups excluding carboxylic acids is 1. The largest absolute Gasteiger partial charge is 0.379 e. The fraction of sp³-hybridized carbons (Fsp3) is 0.462. The average molecular weight is 234 g/mol. The summed E-state index contributed by atoms with van der Waals surface area (Å²) in [6, 6.07) is 7.99. The summed E-state index contributed by atoms with van der Waals surface area (Å²) in [5.74, 6) is -0.0338. The first kappa shape index (κ1) is 12.1. The number of anilines is 1. The minimum absolute atomic E-state index is 0.0338. The second kappa shape index (κ2) is 5.80. The first-order chi connectivity index (χ1) is 8.24. The van der Waals surface area contributed by atoms with E-state index in [-0.39, 0.29) is 5.91 Å². The molecule has 0 atom stereocenters. The van der Waals surface area contributed by atoms with Gasteiger partial charge in [-0.25, -0.2) is 0 Å². The third-order valence-corrected chi connectivity index (χ3v) is 2.76. The Balaban J connectivity index is 1.97. The molecule has 1 aromatic carbocycles. The number of morpholine rings is 1. The molecule has 1 aliphatic heterocycles. The van der Waals surface area contributed by atoms with E-state index < -0.39 is 0 Å². The van der Waals surface area contributed by atoms with Crippen LogP contribution in [0.3, 0.4) is 0 Å². The van der Waals surface area contributed by atoms with Crippen molar-refractivity contribution < 1.29 is 9.53 Å². The third kappa shape index (κ3) is 3.84. The highest BCUT2D eigenvalue weighted by Gasteiger charge is 2.10. The zero-order valence-corrected chi connectivity index (χ0v) is 10.1. The smallest absolute Gasteiger partial charge is 0.221 e. The zero-order valence-electron chi connectivity index (χ0n) is 10.1. The number of hydrogen-bond donors (Lipinski definition) is 1. The van der Waals surface area contributed by atoms with Crippen molar-refractivity contribution in [1.29, 1.82) is 0 Å². The molecule has 0 aromatic heterocycles. The van der Waals surface area contributed by atoms with Crippen molar-refractivity contribution >= 4 is 11.6 Å². The molecule has 1 fully saturated rings. The van der Waals surface area contributed by atoms with E-state index in [1.54, 1.807) is 0 Å². The van der Waals surface area contributed by atoms with Crippen molar-refractivity contribution in [2.45, 2.75) is 13.5 Å². The Morgan fingerprint density at radius 3 is 2.88 bits per heavy atom. The Bertz CT molecular complexity index is 387. The van der Waals surface area contributed by atoms with E-state index in [0.29, 0.717) is 0 Å². The van der Waals surface area contributed by atoms with Crippen LogP contribution in [0.2, 0.25) is 0 Å². The summed E-state index contributed by atoms with van der Waals surface area (Å²) >= 11 is 0. The molecule has 4 nitrogen and oxygen atoms in total. The molecule has 0 aliphatic carbocycles. The molecule has 1 N–H and O–H groups in total. The molecule has 0 bridgehead atoms. The summed E-state index contributed by atoms with van der Waals surface area (Å²) in [5, 5.41) is 2.80. The van der Waals surface area contributed by atoms with Crippen molar-refractivity contribution in [1.82, 2.24) is 4.90 Å². The van der Waals surface area contributed by atoms with E-state index in [1.165, 1.54) is 12.5 Å². The maximum absolute atomic E-state index is 11.0. The quantitative estimate of drug-likeness (QED) is 0.861. The first-order valence-electron chi connectivity index (χ1n) is 5.91. The predicted molar refractivity (Wildman–Crippen MR) is 66.8 cm³/mol. The van der Waals surface area contributed by atoms with Crippen LogP contribution in [0.15, 0.2) is 24.3 Å². The summed E-state index contributed by atoms with van der Waals surface area (Å²) in [5.41, 5.74) is 2.08. The number of carbonyl (C=O) groups is 1. The first-order valence-corrected chi connectivity index (χ1v) is 5.91. The predicted octanol–water partition coefficient (Wildman–Crippen LogP) is 1.48. The van der Waals surface area contributed by atoms with Gasteiger partial charge in [0.05, 0.1) is 13.2 Å². The van der Waals surface area contributed by atoms with Gasteiger partial charge in [-0.1, -0.05) is 12.1 Å². The van der Waals surface area contributed by atoms with Gasteiger partial charge in [0.25, 0.3) is 0 Å². The average Bonchev–Trinajstić information content (AvgIpc) is 2.30. The lowest BCUT2D eigenvalue weighted by molar-refractivity contribution is -0.114. The van der Waals surface area contributed by atoms with Gasteiger partial charge in [-0.3, -0.25) is 9.69 Å². The SMILES string of the molecule is CC(=O)Nc1cccc(CN2CCOCC2)c1. The minimum Gasteiger partial charge on any atom is -0.379 e. The monoisotopic (exact) mass is 234 g/mol. The number of ether oxygens (including phenoxy) is 1. The Kier molecular flexibility index (Phi) is 4.12. The van der Waals surface area contributed by atoms with Crippen LogP contribution in [-0.4, -0.2) is 37.1 Å². The number of hydrogen-bond acceptors (Lipinski definition) is 3. The molecule has 1 heterocycles. The standard InChI is InChI=1S/C13H18N2O2/c1-11(16)14-13-4-2-3-12(9-13)10-15-5-7-17-8-6-15/h2-4,9H,5-8,10H2,1H3,(H,14,16). The molecule has 0 saturated carbocycles. The maximum atomic E-state index is 11.0. The second-order valence-corrected chi connectivity index (χ2v) is 4.27. The van der Waals surface area contributed by atoms with Gasteiger partial charge < -0.3 is 10.1 Å². The molecule has 0 unspecified atom stereocenters. The molecule has 0 radical (unpaired) electrons. The van der Waals surface area contributed by atoms with E-state index >= 15 is 0 Å².